The number of methoxy groups -OCH3 is 1. The van der Waals surface area contributed by atoms with Crippen LogP contribution in [0.15, 0.2) is 47.2 Å². The lowest BCUT2D eigenvalue weighted by Crippen LogP contribution is -2.05. The fourth-order valence-electron chi connectivity index (χ4n) is 0.915. The zero-order chi connectivity index (χ0) is 11.1. The van der Waals surface area contributed by atoms with Gasteiger partial charge in [0.25, 0.3) is 0 Å². The minimum absolute atomic E-state index is 0.00125. The quantitative estimate of drug-likeness (QED) is 0.355. The minimum Gasteiger partial charge on any atom is -0.515 e. The fourth-order valence-corrected chi connectivity index (χ4v) is 0.915. The summed E-state index contributed by atoms with van der Waals surface area (Å²) in [7, 11) is 1.24. The first-order chi connectivity index (χ1) is 7.27. The topological polar surface area (TPSA) is 58.9 Å². The number of para-hydroxylation sites is 1. The maximum atomic E-state index is 11.0. The van der Waals surface area contributed by atoms with Crippen LogP contribution in [0, 0.1) is 0 Å². The second-order valence-corrected chi connectivity index (χ2v) is 2.67. The van der Waals surface area contributed by atoms with E-state index in [0.29, 0.717) is 11.9 Å². The molecule has 78 valence electrons. The summed E-state index contributed by atoms with van der Waals surface area (Å²) in [6.45, 7) is 0. The Morgan fingerprint density at radius 2 is 2.07 bits per heavy atom. The van der Waals surface area contributed by atoms with Crippen LogP contribution < -0.4 is 0 Å². The third-order valence-electron chi connectivity index (χ3n) is 1.67. The summed E-state index contributed by atoms with van der Waals surface area (Å²) in [5.74, 6) is -0.628. The molecular weight excluding hydrogens is 194 g/mol. The van der Waals surface area contributed by atoms with Gasteiger partial charge in [-0.2, -0.15) is 0 Å². The highest BCUT2D eigenvalue weighted by molar-refractivity contribution is 6.09. The van der Waals surface area contributed by atoms with E-state index in [2.05, 4.69) is 9.73 Å². The molecule has 0 unspecified atom stereocenters. The number of ether oxygens (including phenoxy) is 1. The van der Waals surface area contributed by atoms with Gasteiger partial charge in [0, 0.05) is 6.21 Å². The number of hydrogen-bond donors (Lipinski definition) is 1. The maximum Gasteiger partial charge on any atom is 0.342 e. The third-order valence-corrected chi connectivity index (χ3v) is 1.67. The smallest absolute Gasteiger partial charge is 0.342 e. The molecule has 4 nitrogen and oxygen atoms in total. The Morgan fingerprint density at radius 1 is 1.40 bits per heavy atom. The molecule has 0 saturated carbocycles. The zero-order valence-electron chi connectivity index (χ0n) is 8.25. The van der Waals surface area contributed by atoms with Crippen molar-refractivity contribution < 1.29 is 14.6 Å². The molecule has 0 aliphatic heterocycles. The fraction of sp³-hybridized carbons (Fsp3) is 0.0909. The van der Waals surface area contributed by atoms with Crippen molar-refractivity contribution in [2.24, 2.45) is 4.99 Å². The van der Waals surface area contributed by atoms with Crippen LogP contribution in [-0.4, -0.2) is 24.4 Å². The lowest BCUT2D eigenvalue weighted by Gasteiger charge is -1.96. The summed E-state index contributed by atoms with van der Waals surface area (Å²) in [5, 5.41) is 8.75. The van der Waals surface area contributed by atoms with Crippen molar-refractivity contribution in [3.8, 4) is 0 Å². The summed E-state index contributed by atoms with van der Waals surface area (Å²) >= 11 is 0. The number of aliphatic hydroxyl groups excluding tert-OH is 1. The maximum absolute atomic E-state index is 11.0. The molecule has 0 bridgehead atoms. The van der Waals surface area contributed by atoms with Gasteiger partial charge in [0.15, 0.2) is 0 Å². The first kappa shape index (κ1) is 11.0. The molecule has 0 aliphatic rings. The van der Waals surface area contributed by atoms with E-state index in [-0.39, 0.29) is 5.57 Å². The van der Waals surface area contributed by atoms with Crippen LogP contribution in [0.4, 0.5) is 5.69 Å². The molecule has 15 heavy (non-hydrogen) atoms. The van der Waals surface area contributed by atoms with Crippen LogP contribution in [0.3, 0.4) is 0 Å². The highest BCUT2D eigenvalue weighted by atomic mass is 16.5. The summed E-state index contributed by atoms with van der Waals surface area (Å²) in [4.78, 5) is 15.0. The van der Waals surface area contributed by atoms with Gasteiger partial charge in [-0.05, 0) is 12.1 Å². The molecule has 1 rings (SSSR count). The lowest BCUT2D eigenvalue weighted by atomic mass is 10.3. The number of nitrogens with zero attached hydrogens (tertiary/aromatic N) is 1. The van der Waals surface area contributed by atoms with E-state index >= 15 is 0 Å². The molecule has 0 heterocycles. The Hall–Kier alpha value is -2.10. The van der Waals surface area contributed by atoms with Gasteiger partial charge in [-0.25, -0.2) is 4.79 Å². The standard InChI is InChI=1S/C11H11NO3/c1-15-11(14)9(8-13)7-12-10-5-3-2-4-6-10/h2-8,13H,1H3/b9-8+,12-7?. The van der Waals surface area contributed by atoms with Crippen LogP contribution in [0.1, 0.15) is 0 Å². The van der Waals surface area contributed by atoms with E-state index < -0.39 is 5.97 Å². The number of aliphatic hydroxyl groups is 1. The molecule has 0 radical (unpaired) electrons. The van der Waals surface area contributed by atoms with Crippen LogP contribution in [-0.2, 0) is 9.53 Å². The lowest BCUT2D eigenvalue weighted by molar-refractivity contribution is -0.135. The van der Waals surface area contributed by atoms with E-state index in [0.717, 1.165) is 0 Å². The molecule has 0 aromatic heterocycles. The number of rotatable bonds is 3. The van der Waals surface area contributed by atoms with Gasteiger partial charge < -0.3 is 9.84 Å². The zero-order valence-corrected chi connectivity index (χ0v) is 8.25. The van der Waals surface area contributed by atoms with Crippen molar-refractivity contribution in [2.75, 3.05) is 7.11 Å². The first-order valence-corrected chi connectivity index (χ1v) is 4.29. The second kappa shape index (κ2) is 5.59. The Balaban J connectivity index is 2.77. The second-order valence-electron chi connectivity index (χ2n) is 2.67. The van der Waals surface area contributed by atoms with Gasteiger partial charge >= 0.3 is 5.97 Å². The largest absolute Gasteiger partial charge is 0.515 e. The van der Waals surface area contributed by atoms with E-state index in [9.17, 15) is 4.79 Å². The SMILES string of the molecule is COC(=O)/C(C=Nc1ccccc1)=C/O. The van der Waals surface area contributed by atoms with Gasteiger partial charge in [-0.15, -0.1) is 0 Å². The number of hydrogen-bond acceptors (Lipinski definition) is 4. The normalized spacial score (nSPS) is 11.7. The molecule has 0 saturated heterocycles. The average Bonchev–Trinajstić information content (AvgIpc) is 2.31. The van der Waals surface area contributed by atoms with Gasteiger partial charge in [-0.1, -0.05) is 18.2 Å². The summed E-state index contributed by atoms with van der Waals surface area (Å²) in [6.07, 6.45) is 1.92. The molecule has 0 amide bonds. The van der Waals surface area contributed by atoms with Crippen molar-refractivity contribution >= 4 is 17.9 Å². The predicted molar refractivity (Wildman–Crippen MR) is 57.3 cm³/mol. The molecule has 1 aromatic carbocycles. The number of aliphatic imine (C=N–C) groups is 1. The number of carbonyl (C=O) groups is 1. The highest BCUT2D eigenvalue weighted by Crippen LogP contribution is 2.09. The number of esters is 1. The Morgan fingerprint density at radius 3 is 2.60 bits per heavy atom. The van der Waals surface area contributed by atoms with Gasteiger partial charge in [-0.3, -0.25) is 4.99 Å². The van der Waals surface area contributed by atoms with E-state index in [1.165, 1.54) is 13.3 Å². The van der Waals surface area contributed by atoms with Crippen molar-refractivity contribution in [1.82, 2.24) is 0 Å². The van der Waals surface area contributed by atoms with E-state index in [4.69, 9.17) is 5.11 Å². The first-order valence-electron chi connectivity index (χ1n) is 4.29. The van der Waals surface area contributed by atoms with E-state index in [1.54, 1.807) is 12.1 Å². The molecule has 0 spiro atoms. The number of carbonyl (C=O) groups excluding carboxylic acids is 1. The molecule has 0 aliphatic carbocycles. The van der Waals surface area contributed by atoms with Gasteiger partial charge in [0.1, 0.15) is 5.57 Å². The highest BCUT2D eigenvalue weighted by Gasteiger charge is 2.05. The minimum atomic E-state index is -0.628. The Bertz CT molecular complexity index is 382. The van der Waals surface area contributed by atoms with Crippen molar-refractivity contribution in [3.63, 3.8) is 0 Å². The monoisotopic (exact) mass is 205 g/mol. The van der Waals surface area contributed by atoms with Crippen LogP contribution >= 0.6 is 0 Å². The van der Waals surface area contributed by atoms with Crippen LogP contribution in [0.2, 0.25) is 0 Å². The summed E-state index contributed by atoms with van der Waals surface area (Å²) in [5.41, 5.74) is 0.696. The molecule has 1 N–H and O–H groups in total. The molecule has 0 fully saturated rings. The van der Waals surface area contributed by atoms with Crippen LogP contribution in [0.25, 0.3) is 0 Å². The Kier molecular flexibility index (Phi) is 4.09. The van der Waals surface area contributed by atoms with Crippen LogP contribution in [0.5, 0.6) is 0 Å². The van der Waals surface area contributed by atoms with Crippen molar-refractivity contribution in [1.29, 1.82) is 0 Å². The molecular formula is C11H11NO3. The summed E-state index contributed by atoms with van der Waals surface area (Å²) < 4.78 is 4.43. The molecule has 0 atom stereocenters. The predicted octanol–water partition coefficient (Wildman–Crippen LogP) is 2.00. The van der Waals surface area contributed by atoms with Crippen molar-refractivity contribution in [2.45, 2.75) is 0 Å². The summed E-state index contributed by atoms with van der Waals surface area (Å²) in [6, 6.07) is 9.08. The number of benzene rings is 1. The van der Waals surface area contributed by atoms with Gasteiger partial charge in [0.2, 0.25) is 0 Å². The average molecular weight is 205 g/mol. The van der Waals surface area contributed by atoms with E-state index in [1.807, 2.05) is 18.2 Å². The Labute approximate surface area is 87.5 Å². The van der Waals surface area contributed by atoms with Crippen molar-refractivity contribution in [3.05, 3.63) is 42.2 Å². The molecule has 4 heteroatoms. The molecule has 1 aromatic rings. The van der Waals surface area contributed by atoms with Gasteiger partial charge in [0.05, 0.1) is 19.1 Å². The third kappa shape index (κ3) is 3.27.